The number of hydrazine groups is 1. The van der Waals surface area contributed by atoms with E-state index in [2.05, 4.69) is 30.1 Å². The Kier molecular flexibility index (Phi) is 11.9. The van der Waals surface area contributed by atoms with Crippen LogP contribution in [-0.2, 0) is 20.9 Å². The quantitative estimate of drug-likeness (QED) is 0.131. The van der Waals surface area contributed by atoms with E-state index >= 15 is 0 Å². The van der Waals surface area contributed by atoms with Crippen molar-refractivity contribution in [3.8, 4) is 12.3 Å². The molecule has 4 amide bonds. The number of urea groups is 1. The normalized spacial score (nSPS) is 20.1. The van der Waals surface area contributed by atoms with E-state index in [-0.39, 0.29) is 44.0 Å². The number of hydrogen-bond donors (Lipinski definition) is 3. The van der Waals surface area contributed by atoms with Crippen LogP contribution in [-0.4, -0.2) is 101 Å². The maximum Gasteiger partial charge on any atom is 0.334 e. The van der Waals surface area contributed by atoms with Crippen molar-refractivity contribution in [3.63, 3.8) is 0 Å². The van der Waals surface area contributed by atoms with Crippen molar-refractivity contribution < 1.29 is 24.2 Å². The fourth-order valence-electron chi connectivity index (χ4n) is 5.69. The third-order valence-electron chi connectivity index (χ3n) is 7.81. The van der Waals surface area contributed by atoms with Crippen LogP contribution in [0.3, 0.4) is 0 Å². The number of rotatable bonds is 14. The fraction of sp³-hybridized carbons (Fsp3) is 0.424. The van der Waals surface area contributed by atoms with Crippen LogP contribution in [0.4, 0.5) is 4.79 Å². The third kappa shape index (κ3) is 8.24. The number of amides is 4. The molecular weight excluding hydrogens is 560 g/mol. The van der Waals surface area contributed by atoms with Crippen LogP contribution < -0.4 is 10.6 Å². The zero-order valence-electron chi connectivity index (χ0n) is 25.2. The molecule has 2 aliphatic heterocycles. The van der Waals surface area contributed by atoms with E-state index in [9.17, 15) is 19.5 Å². The summed E-state index contributed by atoms with van der Waals surface area (Å²) in [6.45, 7) is 6.93. The molecule has 4 atom stereocenters. The average Bonchev–Trinajstić information content (AvgIpc) is 3.03. The van der Waals surface area contributed by atoms with Crippen LogP contribution in [0.15, 0.2) is 73.3 Å². The molecular formula is C33H42N6O5. The molecule has 2 aliphatic rings. The molecule has 2 aromatic rings. The molecule has 0 radical (unpaired) electrons. The van der Waals surface area contributed by atoms with E-state index in [1.807, 2.05) is 60.7 Å². The van der Waals surface area contributed by atoms with Gasteiger partial charge in [-0.25, -0.2) is 9.80 Å². The second-order valence-corrected chi connectivity index (χ2v) is 10.9. The summed E-state index contributed by atoms with van der Waals surface area (Å²) in [4.78, 5) is 44.7. The Morgan fingerprint density at radius 2 is 1.89 bits per heavy atom. The highest BCUT2D eigenvalue weighted by atomic mass is 16.6. The molecule has 2 heterocycles. The molecule has 234 valence electrons. The van der Waals surface area contributed by atoms with Gasteiger partial charge in [-0.2, -0.15) is 5.01 Å². The smallest absolute Gasteiger partial charge is 0.334 e. The molecule has 0 bridgehead atoms. The molecule has 0 saturated carbocycles. The molecule has 0 aliphatic carbocycles. The summed E-state index contributed by atoms with van der Waals surface area (Å²) in [7, 11) is 0. The van der Waals surface area contributed by atoms with E-state index in [0.717, 1.165) is 11.1 Å². The van der Waals surface area contributed by atoms with Gasteiger partial charge in [-0.1, -0.05) is 79.6 Å². The van der Waals surface area contributed by atoms with Crippen molar-refractivity contribution in [3.05, 3.63) is 84.4 Å². The number of terminal acetylenes is 1. The highest BCUT2D eigenvalue weighted by Gasteiger charge is 2.51. The first-order valence-corrected chi connectivity index (χ1v) is 14.9. The largest absolute Gasteiger partial charge is 0.356 e. The van der Waals surface area contributed by atoms with E-state index < -0.39 is 24.7 Å². The van der Waals surface area contributed by atoms with Gasteiger partial charge in [0.25, 0.3) is 0 Å². The maximum absolute atomic E-state index is 14.0. The minimum absolute atomic E-state index is 0.0210. The average molecular weight is 603 g/mol. The predicted molar refractivity (Wildman–Crippen MR) is 166 cm³/mol. The number of carbonyl (C=O) groups excluding carboxylic acids is 3. The summed E-state index contributed by atoms with van der Waals surface area (Å²) in [5.41, 5.74) is 2.01. The molecule has 2 unspecified atom stereocenters. The summed E-state index contributed by atoms with van der Waals surface area (Å²) in [6, 6.07) is 18.3. The van der Waals surface area contributed by atoms with Gasteiger partial charge in [-0.3, -0.25) is 14.9 Å². The van der Waals surface area contributed by atoms with Crippen molar-refractivity contribution in [2.45, 2.75) is 50.8 Å². The van der Waals surface area contributed by atoms with Gasteiger partial charge in [-0.15, -0.1) is 13.0 Å². The molecule has 2 aromatic carbocycles. The zero-order chi connectivity index (χ0) is 31.5. The first-order chi connectivity index (χ1) is 21.3. The first-order valence-electron chi connectivity index (χ1n) is 14.9. The van der Waals surface area contributed by atoms with Gasteiger partial charge in [0.15, 0.2) is 0 Å². The monoisotopic (exact) mass is 602 g/mol. The van der Waals surface area contributed by atoms with Crippen LogP contribution in [0, 0.1) is 12.3 Å². The van der Waals surface area contributed by atoms with Gasteiger partial charge in [0.2, 0.25) is 18.2 Å². The minimum Gasteiger partial charge on any atom is -0.356 e. The van der Waals surface area contributed by atoms with E-state index in [0.29, 0.717) is 32.5 Å². The SMILES string of the molecule is C#CCN1CC(=O)N2[C@@H](CCCNC(O)OCC=C)C(=O)N(CC(C)c3ccccc3)C[C@@H]2N1C(=O)NCc1ccccc1. The third-order valence-corrected chi connectivity index (χ3v) is 7.81. The number of nitrogens with one attached hydrogen (secondary N) is 2. The lowest BCUT2D eigenvalue weighted by Gasteiger charge is -2.55. The minimum atomic E-state index is -1.18. The molecule has 2 saturated heterocycles. The number of hydrogen-bond acceptors (Lipinski definition) is 7. The Morgan fingerprint density at radius 3 is 2.57 bits per heavy atom. The van der Waals surface area contributed by atoms with Crippen LogP contribution in [0.1, 0.15) is 36.8 Å². The topological polar surface area (TPSA) is 118 Å². The van der Waals surface area contributed by atoms with Crippen molar-refractivity contribution >= 4 is 17.8 Å². The zero-order valence-corrected chi connectivity index (χ0v) is 25.2. The van der Waals surface area contributed by atoms with Gasteiger partial charge < -0.3 is 25.0 Å². The van der Waals surface area contributed by atoms with Crippen LogP contribution in [0.2, 0.25) is 0 Å². The number of fused-ring (bicyclic) bond motifs is 1. The molecule has 2 fully saturated rings. The number of aliphatic hydroxyl groups is 1. The number of nitrogens with zero attached hydrogens (tertiary/aromatic N) is 4. The van der Waals surface area contributed by atoms with Gasteiger partial charge in [0.05, 0.1) is 26.2 Å². The van der Waals surface area contributed by atoms with E-state index in [1.54, 1.807) is 14.8 Å². The molecule has 0 aromatic heterocycles. The Morgan fingerprint density at radius 1 is 1.18 bits per heavy atom. The van der Waals surface area contributed by atoms with Crippen LogP contribution in [0.25, 0.3) is 0 Å². The van der Waals surface area contributed by atoms with Crippen molar-refractivity contribution in [1.29, 1.82) is 0 Å². The van der Waals surface area contributed by atoms with E-state index in [1.165, 1.54) is 11.1 Å². The van der Waals surface area contributed by atoms with Crippen molar-refractivity contribution in [2.24, 2.45) is 0 Å². The van der Waals surface area contributed by atoms with Gasteiger partial charge in [0.1, 0.15) is 12.2 Å². The molecule has 0 spiro atoms. The first kappa shape index (κ1) is 32.7. The van der Waals surface area contributed by atoms with Crippen molar-refractivity contribution in [2.75, 3.05) is 39.3 Å². The number of ether oxygens (including phenoxy) is 1. The lowest BCUT2D eigenvalue weighted by atomic mass is 9.97. The second-order valence-electron chi connectivity index (χ2n) is 10.9. The molecule has 11 heteroatoms. The summed E-state index contributed by atoms with van der Waals surface area (Å²) in [6.07, 6.45) is 6.06. The van der Waals surface area contributed by atoms with Crippen molar-refractivity contribution in [1.82, 2.24) is 30.5 Å². The maximum atomic E-state index is 14.0. The Bertz CT molecular complexity index is 1300. The summed E-state index contributed by atoms with van der Waals surface area (Å²) in [5.74, 6) is 2.15. The summed E-state index contributed by atoms with van der Waals surface area (Å²) in [5, 5.41) is 18.9. The van der Waals surface area contributed by atoms with E-state index in [4.69, 9.17) is 11.2 Å². The van der Waals surface area contributed by atoms with Gasteiger partial charge in [-0.05, 0) is 36.4 Å². The Labute approximate surface area is 259 Å². The number of carbonyl (C=O) groups is 3. The highest BCUT2D eigenvalue weighted by Crippen LogP contribution is 2.30. The van der Waals surface area contributed by atoms with Gasteiger partial charge in [0, 0.05) is 13.1 Å². The highest BCUT2D eigenvalue weighted by molar-refractivity contribution is 5.91. The Hall–Kier alpha value is -4.21. The number of aliphatic hydroxyl groups excluding tert-OH is 1. The summed E-state index contributed by atoms with van der Waals surface area (Å²) >= 11 is 0. The second kappa shape index (κ2) is 16.0. The number of benzene rings is 2. The Balaban J connectivity index is 1.58. The number of piperazine rings is 1. The van der Waals surface area contributed by atoms with Crippen LogP contribution in [0.5, 0.6) is 0 Å². The molecule has 11 nitrogen and oxygen atoms in total. The molecule has 3 N–H and O–H groups in total. The standard InChI is InChI=1S/C33H42N6O5/c1-4-19-37-24-30(40)38-28(17-12-18-34-33(43)44-20-5-2)31(41)36(22-25(3)27-15-10-7-11-16-27)23-29(38)39(37)32(42)35-21-26-13-8-6-9-14-26/h1,5-11,13-16,25,28-29,33-34,43H,2,12,17-24H2,3H3,(H,35,42)/t25?,28-,29-,33?/m0/s1. The lowest BCUT2D eigenvalue weighted by molar-refractivity contribution is -0.189. The lowest BCUT2D eigenvalue weighted by Crippen LogP contribution is -2.76. The molecule has 44 heavy (non-hydrogen) atoms. The molecule has 4 rings (SSSR count). The van der Waals surface area contributed by atoms with Gasteiger partial charge >= 0.3 is 6.03 Å². The summed E-state index contributed by atoms with van der Waals surface area (Å²) < 4.78 is 5.15. The predicted octanol–water partition coefficient (Wildman–Crippen LogP) is 2.08. The fourth-order valence-corrected chi connectivity index (χ4v) is 5.69. The van der Waals surface area contributed by atoms with Crippen LogP contribution >= 0.6 is 0 Å².